The van der Waals surface area contributed by atoms with Crippen LogP contribution in [-0.2, 0) is 0 Å². The third-order valence-corrected chi connectivity index (χ3v) is 2.70. The molecule has 82 valence electrons. The van der Waals surface area contributed by atoms with E-state index in [2.05, 4.69) is 29.0 Å². The van der Waals surface area contributed by atoms with Crippen LogP contribution in [-0.4, -0.2) is 9.97 Å². The molecule has 16 heavy (non-hydrogen) atoms. The highest BCUT2D eigenvalue weighted by Crippen LogP contribution is 2.26. The zero-order valence-corrected chi connectivity index (χ0v) is 9.78. The molecule has 3 nitrogen and oxygen atoms in total. The first-order valence-corrected chi connectivity index (χ1v) is 5.26. The van der Waals surface area contributed by atoms with E-state index in [1.165, 1.54) is 5.56 Å². The number of aromatic nitrogens is 2. The number of nitrogens with zero attached hydrogens (tertiary/aromatic N) is 2. The quantitative estimate of drug-likeness (QED) is 0.792. The Bertz CT molecular complexity index is 533. The van der Waals surface area contributed by atoms with Crippen LogP contribution in [0.25, 0.3) is 11.3 Å². The van der Waals surface area contributed by atoms with Gasteiger partial charge in [0.05, 0.1) is 5.69 Å². The third-order valence-electron chi connectivity index (χ3n) is 2.70. The fourth-order valence-electron chi connectivity index (χ4n) is 1.75. The lowest BCUT2D eigenvalue weighted by Gasteiger charge is -2.10. The van der Waals surface area contributed by atoms with Crippen LogP contribution in [0, 0.1) is 20.8 Å². The second-order valence-electron chi connectivity index (χ2n) is 3.94. The minimum absolute atomic E-state index is 0.561. The van der Waals surface area contributed by atoms with Crippen LogP contribution in [0.1, 0.15) is 17.0 Å². The van der Waals surface area contributed by atoms with Gasteiger partial charge < -0.3 is 5.73 Å². The van der Waals surface area contributed by atoms with Gasteiger partial charge in [-0.1, -0.05) is 24.3 Å². The molecule has 0 fully saturated rings. The first-order valence-electron chi connectivity index (χ1n) is 5.26. The number of hydrogen-bond acceptors (Lipinski definition) is 3. The number of anilines is 1. The van der Waals surface area contributed by atoms with Gasteiger partial charge in [0.2, 0.25) is 0 Å². The molecule has 0 unspecified atom stereocenters. The topological polar surface area (TPSA) is 51.8 Å². The van der Waals surface area contributed by atoms with Gasteiger partial charge in [0.25, 0.3) is 0 Å². The summed E-state index contributed by atoms with van der Waals surface area (Å²) in [5.41, 5.74) is 10.1. The molecule has 0 bridgehead atoms. The van der Waals surface area contributed by atoms with Crippen LogP contribution in [0.5, 0.6) is 0 Å². The van der Waals surface area contributed by atoms with E-state index in [1.807, 2.05) is 26.0 Å². The second-order valence-corrected chi connectivity index (χ2v) is 3.94. The summed E-state index contributed by atoms with van der Waals surface area (Å²) >= 11 is 0. The minimum Gasteiger partial charge on any atom is -0.383 e. The van der Waals surface area contributed by atoms with Crippen molar-refractivity contribution in [1.29, 1.82) is 0 Å². The van der Waals surface area contributed by atoms with Crippen LogP contribution in [0.2, 0.25) is 0 Å². The van der Waals surface area contributed by atoms with Gasteiger partial charge in [-0.15, -0.1) is 0 Å². The van der Waals surface area contributed by atoms with Gasteiger partial charge in [-0.05, 0) is 26.3 Å². The smallest absolute Gasteiger partial charge is 0.130 e. The van der Waals surface area contributed by atoms with E-state index in [0.29, 0.717) is 11.6 Å². The Labute approximate surface area is 95.4 Å². The summed E-state index contributed by atoms with van der Waals surface area (Å²) in [7, 11) is 0. The molecule has 1 heterocycles. The lowest BCUT2D eigenvalue weighted by Crippen LogP contribution is -2.02. The second kappa shape index (κ2) is 3.93. The largest absolute Gasteiger partial charge is 0.383 e. The van der Waals surface area contributed by atoms with Crippen LogP contribution in [0.3, 0.4) is 0 Å². The molecular weight excluding hydrogens is 198 g/mol. The van der Waals surface area contributed by atoms with E-state index in [-0.39, 0.29) is 0 Å². The summed E-state index contributed by atoms with van der Waals surface area (Å²) < 4.78 is 0. The Morgan fingerprint density at radius 3 is 2.38 bits per heavy atom. The molecule has 2 N–H and O–H groups in total. The number of hydrogen-bond donors (Lipinski definition) is 1. The first kappa shape index (κ1) is 10.6. The summed E-state index contributed by atoms with van der Waals surface area (Å²) in [6.45, 7) is 5.89. The predicted octanol–water partition coefficient (Wildman–Crippen LogP) is 2.65. The van der Waals surface area contributed by atoms with Crippen molar-refractivity contribution in [3.8, 4) is 11.3 Å². The maximum atomic E-state index is 5.86. The summed E-state index contributed by atoms with van der Waals surface area (Å²) in [6, 6.07) is 8.16. The molecule has 3 heteroatoms. The fraction of sp³-hybridized carbons (Fsp3) is 0.231. The number of nitrogens with two attached hydrogens (primary N) is 1. The van der Waals surface area contributed by atoms with Crippen LogP contribution in [0.4, 0.5) is 5.82 Å². The highest BCUT2D eigenvalue weighted by molar-refractivity contribution is 5.69. The molecule has 0 aliphatic heterocycles. The van der Waals surface area contributed by atoms with Gasteiger partial charge in [-0.3, -0.25) is 0 Å². The van der Waals surface area contributed by atoms with Gasteiger partial charge >= 0.3 is 0 Å². The number of rotatable bonds is 1. The Morgan fingerprint density at radius 2 is 1.69 bits per heavy atom. The van der Waals surface area contributed by atoms with Crippen molar-refractivity contribution in [3.05, 3.63) is 41.2 Å². The van der Waals surface area contributed by atoms with Gasteiger partial charge in [0.1, 0.15) is 11.6 Å². The molecule has 0 radical (unpaired) electrons. The van der Waals surface area contributed by atoms with E-state index < -0.39 is 0 Å². The van der Waals surface area contributed by atoms with Crippen LogP contribution in [0.15, 0.2) is 24.3 Å². The third kappa shape index (κ3) is 1.76. The average Bonchev–Trinajstić information content (AvgIpc) is 2.24. The van der Waals surface area contributed by atoms with Crippen molar-refractivity contribution in [2.24, 2.45) is 0 Å². The molecule has 0 amide bonds. The zero-order valence-electron chi connectivity index (χ0n) is 9.78. The maximum Gasteiger partial charge on any atom is 0.130 e. The van der Waals surface area contributed by atoms with E-state index >= 15 is 0 Å². The van der Waals surface area contributed by atoms with Crippen molar-refractivity contribution in [2.75, 3.05) is 5.73 Å². The van der Waals surface area contributed by atoms with E-state index in [1.54, 1.807) is 0 Å². The lowest BCUT2D eigenvalue weighted by atomic mass is 10.0. The molecule has 0 spiro atoms. The fourth-order valence-corrected chi connectivity index (χ4v) is 1.75. The molecule has 0 atom stereocenters. The number of nitrogen functional groups attached to an aromatic ring is 1. The summed E-state index contributed by atoms with van der Waals surface area (Å²) in [5.74, 6) is 1.27. The lowest BCUT2D eigenvalue weighted by molar-refractivity contribution is 1.04. The summed E-state index contributed by atoms with van der Waals surface area (Å²) in [6.07, 6.45) is 0. The first-order chi connectivity index (χ1) is 7.59. The van der Waals surface area contributed by atoms with Gasteiger partial charge in [-0.2, -0.15) is 0 Å². The van der Waals surface area contributed by atoms with Crippen molar-refractivity contribution in [2.45, 2.75) is 20.8 Å². The van der Waals surface area contributed by atoms with Gasteiger partial charge in [0.15, 0.2) is 0 Å². The summed E-state index contributed by atoms with van der Waals surface area (Å²) in [4.78, 5) is 8.63. The predicted molar refractivity (Wildman–Crippen MR) is 66.1 cm³/mol. The van der Waals surface area contributed by atoms with Crippen LogP contribution < -0.4 is 5.73 Å². The molecule has 1 aromatic heterocycles. The maximum absolute atomic E-state index is 5.86. The molecule has 2 rings (SSSR count). The highest BCUT2D eigenvalue weighted by Gasteiger charge is 2.10. The van der Waals surface area contributed by atoms with E-state index in [4.69, 9.17) is 5.73 Å². The molecule has 0 saturated heterocycles. The summed E-state index contributed by atoms with van der Waals surface area (Å²) in [5, 5.41) is 0. The molecule has 2 aromatic rings. The molecular formula is C13H15N3. The number of aryl methyl sites for hydroxylation is 2. The van der Waals surface area contributed by atoms with E-state index in [9.17, 15) is 0 Å². The Kier molecular flexibility index (Phi) is 2.60. The normalized spacial score (nSPS) is 10.4. The minimum atomic E-state index is 0.561. The Morgan fingerprint density at radius 1 is 1.00 bits per heavy atom. The number of benzene rings is 1. The Balaban J connectivity index is 2.69. The monoisotopic (exact) mass is 213 g/mol. The molecule has 0 aliphatic carbocycles. The van der Waals surface area contributed by atoms with E-state index in [0.717, 1.165) is 16.8 Å². The van der Waals surface area contributed by atoms with Gasteiger partial charge in [-0.25, -0.2) is 9.97 Å². The van der Waals surface area contributed by atoms with Gasteiger partial charge in [0, 0.05) is 11.1 Å². The Hall–Kier alpha value is -1.90. The van der Waals surface area contributed by atoms with Crippen molar-refractivity contribution in [3.63, 3.8) is 0 Å². The zero-order chi connectivity index (χ0) is 11.7. The molecule has 0 saturated carbocycles. The average molecular weight is 213 g/mol. The highest BCUT2D eigenvalue weighted by atomic mass is 14.9. The van der Waals surface area contributed by atoms with Crippen molar-refractivity contribution >= 4 is 5.82 Å². The van der Waals surface area contributed by atoms with Crippen molar-refractivity contribution in [1.82, 2.24) is 9.97 Å². The molecule has 0 aliphatic rings. The van der Waals surface area contributed by atoms with Crippen LogP contribution >= 0.6 is 0 Å². The molecule has 1 aromatic carbocycles. The van der Waals surface area contributed by atoms with Crippen molar-refractivity contribution < 1.29 is 0 Å². The SMILES string of the molecule is Cc1nc(N)c(C)c(-c2ccccc2C)n1. The standard InChI is InChI=1S/C13H15N3/c1-8-6-4-5-7-11(8)12-9(2)13(14)16-10(3)15-12/h4-7H,1-3H3,(H2,14,15,16).